The Morgan fingerprint density at radius 2 is 1.78 bits per heavy atom. The van der Waals surface area contributed by atoms with Gasteiger partial charge in [0, 0.05) is 13.0 Å². The van der Waals surface area contributed by atoms with Crippen LogP contribution in [0.2, 0.25) is 0 Å². The second-order valence-corrected chi connectivity index (χ2v) is 5.56. The fraction of sp³-hybridized carbons (Fsp3) is 0.933. The van der Waals surface area contributed by atoms with Crippen molar-refractivity contribution < 1.29 is 9.53 Å². The molecule has 0 atom stereocenters. The Labute approximate surface area is 112 Å². The fourth-order valence-corrected chi connectivity index (χ4v) is 3.00. The third-order valence-electron chi connectivity index (χ3n) is 4.15. The molecule has 18 heavy (non-hydrogen) atoms. The molecule has 1 fully saturated rings. The van der Waals surface area contributed by atoms with E-state index >= 15 is 0 Å². The summed E-state index contributed by atoms with van der Waals surface area (Å²) in [5.41, 5.74) is 0. The number of methoxy groups -OCH3 is 1. The minimum absolute atomic E-state index is 0.0420. The molecular formula is C15H29NO2. The van der Waals surface area contributed by atoms with Crippen molar-refractivity contribution >= 4 is 5.97 Å². The van der Waals surface area contributed by atoms with Gasteiger partial charge in [-0.15, -0.1) is 0 Å². The van der Waals surface area contributed by atoms with Gasteiger partial charge in [-0.05, 0) is 57.0 Å². The van der Waals surface area contributed by atoms with E-state index in [9.17, 15) is 4.79 Å². The number of carbonyl (C=O) groups excluding carboxylic acids is 1. The van der Waals surface area contributed by atoms with Crippen LogP contribution in [0.1, 0.15) is 52.4 Å². The third kappa shape index (κ3) is 5.38. The number of ether oxygens (including phenoxy) is 1. The van der Waals surface area contributed by atoms with Gasteiger partial charge in [0.05, 0.1) is 7.11 Å². The molecule has 0 heterocycles. The summed E-state index contributed by atoms with van der Waals surface area (Å²) in [5, 5.41) is 0. The van der Waals surface area contributed by atoms with E-state index in [4.69, 9.17) is 4.74 Å². The lowest BCUT2D eigenvalue weighted by atomic mass is 9.80. The summed E-state index contributed by atoms with van der Waals surface area (Å²) in [6, 6.07) is 0. The maximum atomic E-state index is 11.2. The Morgan fingerprint density at radius 3 is 2.28 bits per heavy atom. The first-order valence-electron chi connectivity index (χ1n) is 7.48. The van der Waals surface area contributed by atoms with Crippen molar-refractivity contribution in [3.8, 4) is 0 Å². The lowest BCUT2D eigenvalue weighted by Crippen LogP contribution is -2.32. The molecule has 0 spiro atoms. The van der Waals surface area contributed by atoms with Crippen molar-refractivity contribution in [2.75, 3.05) is 26.7 Å². The van der Waals surface area contributed by atoms with Crippen LogP contribution in [0, 0.1) is 11.8 Å². The summed E-state index contributed by atoms with van der Waals surface area (Å²) in [5.74, 6) is 1.36. The number of hydrogen-bond acceptors (Lipinski definition) is 3. The summed E-state index contributed by atoms with van der Waals surface area (Å²) in [6.45, 7) is 8.12. The average molecular weight is 255 g/mol. The second-order valence-electron chi connectivity index (χ2n) is 5.56. The van der Waals surface area contributed by atoms with Crippen LogP contribution >= 0.6 is 0 Å². The standard InChI is InChI=1S/C15H29NO2/c1-4-10-16(5-2)12-14-8-6-13(7-9-14)11-15(17)18-3/h13-14H,4-12H2,1-3H3/t13-,14-. The quantitative estimate of drug-likeness (QED) is 0.655. The van der Waals surface area contributed by atoms with Gasteiger partial charge in [-0.3, -0.25) is 4.79 Å². The molecule has 106 valence electrons. The molecule has 0 amide bonds. The van der Waals surface area contributed by atoms with Crippen molar-refractivity contribution in [2.24, 2.45) is 11.8 Å². The van der Waals surface area contributed by atoms with Crippen molar-refractivity contribution in [3.05, 3.63) is 0 Å². The molecule has 0 unspecified atom stereocenters. The van der Waals surface area contributed by atoms with Crippen LogP contribution in [0.4, 0.5) is 0 Å². The van der Waals surface area contributed by atoms with Gasteiger partial charge in [0.1, 0.15) is 0 Å². The van der Waals surface area contributed by atoms with E-state index in [0.29, 0.717) is 12.3 Å². The predicted molar refractivity (Wildman–Crippen MR) is 74.5 cm³/mol. The number of rotatable bonds is 7. The number of nitrogens with zero attached hydrogens (tertiary/aromatic N) is 1. The maximum absolute atomic E-state index is 11.2. The van der Waals surface area contributed by atoms with E-state index in [0.717, 1.165) is 12.5 Å². The van der Waals surface area contributed by atoms with Gasteiger partial charge in [-0.1, -0.05) is 13.8 Å². The normalized spacial score (nSPS) is 24.2. The smallest absolute Gasteiger partial charge is 0.305 e. The molecule has 0 radical (unpaired) electrons. The molecule has 3 heteroatoms. The van der Waals surface area contributed by atoms with Crippen LogP contribution in [-0.4, -0.2) is 37.6 Å². The Morgan fingerprint density at radius 1 is 1.17 bits per heavy atom. The zero-order chi connectivity index (χ0) is 13.4. The van der Waals surface area contributed by atoms with Crippen molar-refractivity contribution in [3.63, 3.8) is 0 Å². The van der Waals surface area contributed by atoms with E-state index in [1.807, 2.05) is 0 Å². The monoisotopic (exact) mass is 255 g/mol. The number of hydrogen-bond donors (Lipinski definition) is 0. The predicted octanol–water partition coefficient (Wildman–Crippen LogP) is 3.09. The molecule has 1 aliphatic rings. The minimum Gasteiger partial charge on any atom is -0.469 e. The SMILES string of the molecule is CCCN(CC)C[C@H]1CC[C@H](CC(=O)OC)CC1. The topological polar surface area (TPSA) is 29.5 Å². The molecule has 0 N–H and O–H groups in total. The summed E-state index contributed by atoms with van der Waals surface area (Å²) < 4.78 is 4.75. The van der Waals surface area contributed by atoms with E-state index in [2.05, 4.69) is 18.7 Å². The first kappa shape index (κ1) is 15.5. The average Bonchev–Trinajstić information content (AvgIpc) is 2.40. The van der Waals surface area contributed by atoms with Gasteiger partial charge in [0.2, 0.25) is 0 Å². The summed E-state index contributed by atoms with van der Waals surface area (Å²) in [4.78, 5) is 13.8. The number of esters is 1. The number of carbonyl (C=O) groups is 1. The molecule has 3 nitrogen and oxygen atoms in total. The molecule has 1 rings (SSSR count). The first-order valence-corrected chi connectivity index (χ1v) is 7.48. The Hall–Kier alpha value is -0.570. The minimum atomic E-state index is -0.0420. The zero-order valence-corrected chi connectivity index (χ0v) is 12.3. The van der Waals surface area contributed by atoms with Crippen molar-refractivity contribution in [1.82, 2.24) is 4.90 Å². The molecule has 0 aromatic carbocycles. The van der Waals surface area contributed by atoms with E-state index in [-0.39, 0.29) is 5.97 Å². The Bertz CT molecular complexity index is 235. The fourth-order valence-electron chi connectivity index (χ4n) is 3.00. The molecule has 0 bridgehead atoms. The highest BCUT2D eigenvalue weighted by Crippen LogP contribution is 2.31. The highest BCUT2D eigenvalue weighted by Gasteiger charge is 2.24. The second kappa shape index (κ2) is 8.52. The Kier molecular flexibility index (Phi) is 7.33. The highest BCUT2D eigenvalue weighted by molar-refractivity contribution is 5.69. The Balaban J connectivity index is 2.24. The highest BCUT2D eigenvalue weighted by atomic mass is 16.5. The lowest BCUT2D eigenvalue weighted by Gasteiger charge is -2.32. The maximum Gasteiger partial charge on any atom is 0.305 e. The van der Waals surface area contributed by atoms with Crippen LogP contribution in [0.5, 0.6) is 0 Å². The van der Waals surface area contributed by atoms with Crippen LogP contribution < -0.4 is 0 Å². The van der Waals surface area contributed by atoms with Crippen LogP contribution in [-0.2, 0) is 9.53 Å². The van der Waals surface area contributed by atoms with E-state index in [1.54, 1.807) is 0 Å². The third-order valence-corrected chi connectivity index (χ3v) is 4.15. The molecule has 1 saturated carbocycles. The lowest BCUT2D eigenvalue weighted by molar-refractivity contribution is -0.142. The van der Waals surface area contributed by atoms with Gasteiger partial charge in [0.15, 0.2) is 0 Å². The first-order chi connectivity index (χ1) is 8.69. The van der Waals surface area contributed by atoms with Gasteiger partial charge in [-0.2, -0.15) is 0 Å². The molecule has 0 aromatic heterocycles. The summed E-state index contributed by atoms with van der Waals surface area (Å²) >= 11 is 0. The van der Waals surface area contributed by atoms with Crippen molar-refractivity contribution in [2.45, 2.75) is 52.4 Å². The van der Waals surface area contributed by atoms with Gasteiger partial charge < -0.3 is 9.64 Å². The summed E-state index contributed by atoms with van der Waals surface area (Å²) in [6.07, 6.45) is 6.82. The van der Waals surface area contributed by atoms with E-state index < -0.39 is 0 Å². The molecular weight excluding hydrogens is 226 g/mol. The largest absolute Gasteiger partial charge is 0.469 e. The van der Waals surface area contributed by atoms with E-state index in [1.165, 1.54) is 52.3 Å². The van der Waals surface area contributed by atoms with Crippen LogP contribution in [0.25, 0.3) is 0 Å². The zero-order valence-electron chi connectivity index (χ0n) is 12.3. The van der Waals surface area contributed by atoms with Crippen LogP contribution in [0.3, 0.4) is 0 Å². The van der Waals surface area contributed by atoms with Gasteiger partial charge in [0.25, 0.3) is 0 Å². The van der Waals surface area contributed by atoms with Gasteiger partial charge >= 0.3 is 5.97 Å². The van der Waals surface area contributed by atoms with Gasteiger partial charge in [-0.25, -0.2) is 0 Å². The molecule has 0 saturated heterocycles. The molecule has 1 aliphatic carbocycles. The van der Waals surface area contributed by atoms with Crippen LogP contribution in [0.15, 0.2) is 0 Å². The van der Waals surface area contributed by atoms with Crippen molar-refractivity contribution in [1.29, 1.82) is 0 Å². The molecule has 0 aromatic rings. The summed E-state index contributed by atoms with van der Waals surface area (Å²) in [7, 11) is 1.48. The molecule has 0 aliphatic heterocycles.